The first-order valence-corrected chi connectivity index (χ1v) is 9.47. The summed E-state index contributed by atoms with van der Waals surface area (Å²) in [4.78, 5) is 14.4. The van der Waals surface area contributed by atoms with Gasteiger partial charge in [0.25, 0.3) is 5.91 Å². The normalized spacial score (nSPS) is 24.2. The first kappa shape index (κ1) is 17.5. The zero-order valence-corrected chi connectivity index (χ0v) is 15.5. The Labute approximate surface area is 157 Å². The molecule has 2 atom stereocenters. The highest BCUT2D eigenvalue weighted by atomic mass is 35.5. The largest absolute Gasteiger partial charge is 0.361 e. The molecule has 2 unspecified atom stereocenters. The molecule has 0 bridgehead atoms. The van der Waals surface area contributed by atoms with Gasteiger partial charge in [-0.15, -0.1) is 0 Å². The van der Waals surface area contributed by atoms with Gasteiger partial charge < -0.3 is 9.42 Å². The third kappa shape index (κ3) is 3.49. The lowest BCUT2D eigenvalue weighted by Gasteiger charge is -2.34. The quantitative estimate of drug-likeness (QED) is 0.863. The van der Waals surface area contributed by atoms with Crippen LogP contribution in [-0.2, 0) is 0 Å². The van der Waals surface area contributed by atoms with Crippen LogP contribution in [0.1, 0.15) is 47.1 Å². The van der Waals surface area contributed by atoms with Gasteiger partial charge in [-0.3, -0.25) is 10.2 Å². The van der Waals surface area contributed by atoms with Crippen LogP contribution in [0.4, 0.5) is 0 Å². The van der Waals surface area contributed by atoms with Gasteiger partial charge >= 0.3 is 0 Å². The Balaban J connectivity index is 1.33. The second-order valence-electron chi connectivity index (χ2n) is 7.16. The molecule has 2 fully saturated rings. The van der Waals surface area contributed by atoms with E-state index in [-0.39, 0.29) is 11.9 Å². The van der Waals surface area contributed by atoms with E-state index in [1.807, 2.05) is 23.1 Å². The Kier molecular flexibility index (Phi) is 4.98. The smallest absolute Gasteiger partial charge is 0.276 e. The predicted molar refractivity (Wildman–Crippen MR) is 98.7 cm³/mol. The van der Waals surface area contributed by atoms with E-state index in [0.717, 1.165) is 42.9 Å². The summed E-state index contributed by atoms with van der Waals surface area (Å²) in [6.07, 6.45) is 2.97. The Hall–Kier alpha value is -1.89. The maximum absolute atomic E-state index is 12.5. The van der Waals surface area contributed by atoms with Gasteiger partial charge in [-0.25, -0.2) is 5.43 Å². The topological polar surface area (TPSA) is 70.4 Å². The van der Waals surface area contributed by atoms with Crippen molar-refractivity contribution in [3.05, 3.63) is 52.4 Å². The summed E-state index contributed by atoms with van der Waals surface area (Å²) in [6.45, 7) is 3.30. The standard InChI is InChI=1S/C19H23ClN4O2/c1-12-10-18(23-26-12)19(25)24-8-6-13(7-9-24)16-11-17(22-21-16)14-4-2-3-5-15(14)20/h2-5,10,13,16-17,21-22H,6-9,11H2,1H3. The summed E-state index contributed by atoms with van der Waals surface area (Å²) >= 11 is 6.33. The molecule has 1 amide bonds. The SMILES string of the molecule is Cc1cc(C(=O)N2CCC(C3CC(c4ccccc4Cl)NN3)CC2)no1. The highest BCUT2D eigenvalue weighted by molar-refractivity contribution is 6.31. The number of halogens is 1. The van der Waals surface area contributed by atoms with Crippen LogP contribution in [0.5, 0.6) is 0 Å². The zero-order chi connectivity index (χ0) is 18.1. The van der Waals surface area contributed by atoms with Crippen molar-refractivity contribution in [1.82, 2.24) is 20.9 Å². The molecule has 2 saturated heterocycles. The molecule has 2 aliphatic heterocycles. The summed E-state index contributed by atoms with van der Waals surface area (Å²) in [5.41, 5.74) is 8.37. The molecule has 26 heavy (non-hydrogen) atoms. The fourth-order valence-corrected chi connectivity index (χ4v) is 4.25. The van der Waals surface area contributed by atoms with Crippen LogP contribution in [0, 0.1) is 12.8 Å². The summed E-state index contributed by atoms with van der Waals surface area (Å²) in [5.74, 6) is 1.17. The molecule has 2 aliphatic rings. The minimum atomic E-state index is -0.0354. The van der Waals surface area contributed by atoms with Crippen molar-refractivity contribution in [2.45, 2.75) is 38.3 Å². The maximum atomic E-state index is 12.5. The number of hydrogen-bond donors (Lipinski definition) is 2. The highest BCUT2D eigenvalue weighted by Crippen LogP contribution is 2.33. The first-order valence-electron chi connectivity index (χ1n) is 9.10. The van der Waals surface area contributed by atoms with Gasteiger partial charge in [0.15, 0.2) is 5.69 Å². The van der Waals surface area contributed by atoms with Gasteiger partial charge in [-0.1, -0.05) is 35.0 Å². The molecule has 2 N–H and O–H groups in total. The van der Waals surface area contributed by atoms with Crippen molar-refractivity contribution >= 4 is 17.5 Å². The summed E-state index contributed by atoms with van der Waals surface area (Å²) in [5, 5.41) is 4.64. The molecule has 0 aliphatic carbocycles. The summed E-state index contributed by atoms with van der Waals surface area (Å²) in [7, 11) is 0. The lowest BCUT2D eigenvalue weighted by Crippen LogP contribution is -2.44. The van der Waals surface area contributed by atoms with E-state index in [1.165, 1.54) is 0 Å². The van der Waals surface area contributed by atoms with E-state index in [4.69, 9.17) is 16.1 Å². The number of amides is 1. The molecule has 0 radical (unpaired) electrons. The van der Waals surface area contributed by atoms with E-state index >= 15 is 0 Å². The minimum Gasteiger partial charge on any atom is -0.361 e. The molecular weight excluding hydrogens is 352 g/mol. The number of likely N-dealkylation sites (tertiary alicyclic amines) is 1. The van der Waals surface area contributed by atoms with E-state index in [0.29, 0.717) is 23.4 Å². The number of nitrogens with zero attached hydrogens (tertiary/aromatic N) is 2. The number of carbonyl (C=O) groups is 1. The van der Waals surface area contributed by atoms with Crippen molar-refractivity contribution in [3.8, 4) is 0 Å². The monoisotopic (exact) mass is 374 g/mol. The molecule has 4 rings (SSSR count). The van der Waals surface area contributed by atoms with Crippen molar-refractivity contribution in [3.63, 3.8) is 0 Å². The third-order valence-corrected chi connectivity index (χ3v) is 5.80. The molecule has 7 heteroatoms. The number of benzene rings is 1. The predicted octanol–water partition coefficient (Wildman–Crippen LogP) is 3.10. The van der Waals surface area contributed by atoms with Crippen molar-refractivity contribution in [2.24, 2.45) is 5.92 Å². The molecule has 3 heterocycles. The fraction of sp³-hybridized carbons (Fsp3) is 0.474. The van der Waals surface area contributed by atoms with Crippen LogP contribution in [0.3, 0.4) is 0 Å². The minimum absolute atomic E-state index is 0.0354. The number of nitrogens with one attached hydrogen (secondary N) is 2. The zero-order valence-electron chi connectivity index (χ0n) is 14.7. The Morgan fingerprint density at radius 1 is 1.27 bits per heavy atom. The van der Waals surface area contributed by atoms with Gasteiger partial charge in [0.2, 0.25) is 0 Å². The Bertz CT molecular complexity index is 785. The number of piperidine rings is 1. The average Bonchev–Trinajstić information content (AvgIpc) is 3.31. The number of hydrogen-bond acceptors (Lipinski definition) is 5. The molecule has 2 aromatic rings. The molecule has 1 aromatic carbocycles. The van der Waals surface area contributed by atoms with E-state index in [1.54, 1.807) is 13.0 Å². The average molecular weight is 375 g/mol. The molecule has 138 valence electrons. The molecule has 0 saturated carbocycles. The highest BCUT2D eigenvalue weighted by Gasteiger charge is 2.35. The summed E-state index contributed by atoms with van der Waals surface area (Å²) in [6, 6.07) is 10.3. The lowest BCUT2D eigenvalue weighted by molar-refractivity contribution is 0.0662. The van der Waals surface area contributed by atoms with Gasteiger partial charge in [0.05, 0.1) is 0 Å². The number of hydrazine groups is 1. The Morgan fingerprint density at radius 3 is 2.73 bits per heavy atom. The number of carbonyl (C=O) groups excluding carboxylic acids is 1. The van der Waals surface area contributed by atoms with Gasteiger partial charge in [-0.2, -0.15) is 0 Å². The van der Waals surface area contributed by atoms with Crippen molar-refractivity contribution in [1.29, 1.82) is 0 Å². The van der Waals surface area contributed by atoms with Crippen LogP contribution in [0.2, 0.25) is 5.02 Å². The first-order chi connectivity index (χ1) is 12.6. The third-order valence-electron chi connectivity index (χ3n) is 5.46. The van der Waals surface area contributed by atoms with Gasteiger partial charge in [0, 0.05) is 36.3 Å². The molecule has 0 spiro atoms. The second kappa shape index (κ2) is 7.39. The number of aryl methyl sites for hydroxylation is 1. The van der Waals surface area contributed by atoms with Gasteiger partial charge in [-0.05, 0) is 43.7 Å². The number of aromatic nitrogens is 1. The van der Waals surface area contributed by atoms with E-state index in [2.05, 4.69) is 22.1 Å². The van der Waals surface area contributed by atoms with Gasteiger partial charge in [0.1, 0.15) is 5.76 Å². The van der Waals surface area contributed by atoms with E-state index < -0.39 is 0 Å². The van der Waals surface area contributed by atoms with Crippen molar-refractivity contribution < 1.29 is 9.32 Å². The Morgan fingerprint density at radius 2 is 2.04 bits per heavy atom. The summed E-state index contributed by atoms with van der Waals surface area (Å²) < 4.78 is 5.02. The van der Waals surface area contributed by atoms with Crippen LogP contribution in [0.25, 0.3) is 0 Å². The van der Waals surface area contributed by atoms with Crippen LogP contribution in [-0.4, -0.2) is 35.1 Å². The molecule has 1 aromatic heterocycles. The molecular formula is C19H23ClN4O2. The number of rotatable bonds is 3. The van der Waals surface area contributed by atoms with E-state index in [9.17, 15) is 4.79 Å². The van der Waals surface area contributed by atoms with Crippen LogP contribution in [0.15, 0.2) is 34.9 Å². The van der Waals surface area contributed by atoms with Crippen molar-refractivity contribution in [2.75, 3.05) is 13.1 Å². The fourth-order valence-electron chi connectivity index (χ4n) is 3.99. The maximum Gasteiger partial charge on any atom is 0.276 e. The second-order valence-corrected chi connectivity index (χ2v) is 7.56. The van der Waals surface area contributed by atoms with Crippen LogP contribution >= 0.6 is 11.6 Å². The lowest BCUT2D eigenvalue weighted by atomic mass is 9.86. The molecule has 6 nitrogen and oxygen atoms in total. The van der Waals surface area contributed by atoms with Crippen LogP contribution < -0.4 is 10.9 Å².